The van der Waals surface area contributed by atoms with Crippen molar-refractivity contribution >= 4 is 5.97 Å². The Bertz CT molecular complexity index is 416. The predicted molar refractivity (Wildman–Crippen MR) is 67.9 cm³/mol. The molecule has 1 aliphatic heterocycles. The van der Waals surface area contributed by atoms with Crippen molar-refractivity contribution in [3.8, 4) is 0 Å². The standard InChI is InChI=1S/C14H19NO3/c1-14(2)15(9-13(16)17-3)12(10-18-14)11-7-5-4-6-8-11/h4-8,12H,9-10H2,1-3H3. The molecule has 0 radical (unpaired) electrons. The number of carbonyl (C=O) groups excluding carboxylic acids is 1. The first-order valence-corrected chi connectivity index (χ1v) is 6.07. The molecule has 0 saturated carbocycles. The highest BCUT2D eigenvalue weighted by Gasteiger charge is 2.42. The van der Waals surface area contributed by atoms with Crippen LogP contribution in [0.3, 0.4) is 0 Å². The Kier molecular flexibility index (Phi) is 3.68. The van der Waals surface area contributed by atoms with Gasteiger partial charge in [0.05, 0.1) is 26.3 Å². The number of ether oxygens (including phenoxy) is 2. The predicted octanol–water partition coefficient (Wildman–Crippen LogP) is 1.97. The van der Waals surface area contributed by atoms with Gasteiger partial charge >= 0.3 is 5.97 Å². The van der Waals surface area contributed by atoms with Crippen LogP contribution in [0.5, 0.6) is 0 Å². The lowest BCUT2D eigenvalue weighted by molar-refractivity contribution is -0.147. The zero-order valence-electron chi connectivity index (χ0n) is 11.1. The lowest BCUT2D eigenvalue weighted by atomic mass is 10.1. The Morgan fingerprint density at radius 2 is 2.11 bits per heavy atom. The molecule has 1 heterocycles. The van der Waals surface area contributed by atoms with Gasteiger partial charge in [-0.05, 0) is 19.4 Å². The van der Waals surface area contributed by atoms with Crippen molar-refractivity contribution in [2.45, 2.75) is 25.6 Å². The van der Waals surface area contributed by atoms with Gasteiger partial charge in [0, 0.05) is 0 Å². The number of hydrogen-bond acceptors (Lipinski definition) is 4. The Morgan fingerprint density at radius 3 is 2.72 bits per heavy atom. The Labute approximate surface area is 107 Å². The molecule has 1 unspecified atom stereocenters. The van der Waals surface area contributed by atoms with Crippen LogP contribution in [0.2, 0.25) is 0 Å². The van der Waals surface area contributed by atoms with Crippen molar-refractivity contribution in [3.63, 3.8) is 0 Å². The number of rotatable bonds is 3. The molecule has 4 heteroatoms. The topological polar surface area (TPSA) is 38.8 Å². The van der Waals surface area contributed by atoms with Crippen molar-refractivity contribution < 1.29 is 14.3 Å². The molecule has 0 aromatic heterocycles. The zero-order chi connectivity index (χ0) is 13.2. The number of esters is 1. The van der Waals surface area contributed by atoms with E-state index in [1.165, 1.54) is 7.11 Å². The second-order valence-electron chi connectivity index (χ2n) is 4.89. The Hall–Kier alpha value is -1.39. The summed E-state index contributed by atoms with van der Waals surface area (Å²) in [6, 6.07) is 10.2. The molecule has 1 fully saturated rings. The number of carbonyl (C=O) groups is 1. The molecule has 0 bridgehead atoms. The highest BCUT2D eigenvalue weighted by molar-refractivity contribution is 5.71. The van der Waals surface area contributed by atoms with Gasteiger partial charge < -0.3 is 9.47 Å². The molecule has 1 aliphatic rings. The fourth-order valence-electron chi connectivity index (χ4n) is 2.29. The Morgan fingerprint density at radius 1 is 1.44 bits per heavy atom. The van der Waals surface area contributed by atoms with Gasteiger partial charge in [-0.25, -0.2) is 0 Å². The van der Waals surface area contributed by atoms with Crippen LogP contribution in [0.1, 0.15) is 25.5 Å². The highest BCUT2D eigenvalue weighted by Crippen LogP contribution is 2.36. The summed E-state index contributed by atoms with van der Waals surface area (Å²) in [5, 5.41) is 0. The van der Waals surface area contributed by atoms with Gasteiger partial charge in [-0.15, -0.1) is 0 Å². The smallest absolute Gasteiger partial charge is 0.319 e. The average molecular weight is 249 g/mol. The monoisotopic (exact) mass is 249 g/mol. The van der Waals surface area contributed by atoms with Crippen LogP contribution in [-0.2, 0) is 14.3 Å². The zero-order valence-corrected chi connectivity index (χ0v) is 11.1. The van der Waals surface area contributed by atoms with Crippen molar-refractivity contribution in [2.24, 2.45) is 0 Å². The molecule has 1 aromatic rings. The molecule has 98 valence electrons. The lowest BCUT2D eigenvalue weighted by Gasteiger charge is -2.32. The van der Waals surface area contributed by atoms with E-state index in [0.717, 1.165) is 5.56 Å². The largest absolute Gasteiger partial charge is 0.468 e. The molecular weight excluding hydrogens is 230 g/mol. The van der Waals surface area contributed by atoms with E-state index in [4.69, 9.17) is 9.47 Å². The molecule has 0 spiro atoms. The second-order valence-corrected chi connectivity index (χ2v) is 4.89. The van der Waals surface area contributed by atoms with Crippen molar-refractivity contribution in [3.05, 3.63) is 35.9 Å². The molecule has 1 atom stereocenters. The molecule has 0 aliphatic carbocycles. The SMILES string of the molecule is COC(=O)CN1C(c2ccccc2)COC1(C)C. The lowest BCUT2D eigenvalue weighted by Crippen LogP contribution is -2.43. The maximum absolute atomic E-state index is 11.5. The quantitative estimate of drug-likeness (QED) is 0.768. The number of methoxy groups -OCH3 is 1. The van der Waals surface area contributed by atoms with Crippen LogP contribution < -0.4 is 0 Å². The van der Waals surface area contributed by atoms with Crippen LogP contribution in [0.4, 0.5) is 0 Å². The van der Waals surface area contributed by atoms with Crippen LogP contribution in [-0.4, -0.2) is 36.9 Å². The summed E-state index contributed by atoms with van der Waals surface area (Å²) >= 11 is 0. The fraction of sp³-hybridized carbons (Fsp3) is 0.500. The van der Waals surface area contributed by atoms with Crippen LogP contribution in [0, 0.1) is 0 Å². The van der Waals surface area contributed by atoms with Gasteiger partial charge in [-0.2, -0.15) is 0 Å². The molecule has 1 aromatic carbocycles. The molecule has 2 rings (SSSR count). The first-order chi connectivity index (χ1) is 8.54. The van der Waals surface area contributed by atoms with E-state index in [0.29, 0.717) is 6.61 Å². The summed E-state index contributed by atoms with van der Waals surface area (Å²) in [5.74, 6) is -0.241. The van der Waals surface area contributed by atoms with Gasteiger partial charge in [-0.3, -0.25) is 9.69 Å². The van der Waals surface area contributed by atoms with Crippen LogP contribution in [0.25, 0.3) is 0 Å². The Balaban J connectivity index is 2.22. The summed E-state index contributed by atoms with van der Waals surface area (Å²) < 4.78 is 10.5. The van der Waals surface area contributed by atoms with Crippen LogP contribution >= 0.6 is 0 Å². The van der Waals surface area contributed by atoms with E-state index in [1.54, 1.807) is 0 Å². The van der Waals surface area contributed by atoms with Gasteiger partial charge in [0.15, 0.2) is 0 Å². The summed E-state index contributed by atoms with van der Waals surface area (Å²) in [6.07, 6.45) is 0. The maximum Gasteiger partial charge on any atom is 0.319 e. The number of benzene rings is 1. The second kappa shape index (κ2) is 5.08. The average Bonchev–Trinajstić information content (AvgIpc) is 2.66. The van der Waals surface area contributed by atoms with Gasteiger partial charge in [0.2, 0.25) is 0 Å². The summed E-state index contributed by atoms with van der Waals surface area (Å²) in [4.78, 5) is 13.5. The molecule has 4 nitrogen and oxygen atoms in total. The third-order valence-corrected chi connectivity index (χ3v) is 3.37. The molecule has 0 N–H and O–H groups in total. The maximum atomic E-state index is 11.5. The van der Waals surface area contributed by atoms with Gasteiger partial charge in [0.1, 0.15) is 5.72 Å². The first-order valence-electron chi connectivity index (χ1n) is 6.07. The number of nitrogens with zero attached hydrogens (tertiary/aromatic N) is 1. The van der Waals surface area contributed by atoms with Crippen molar-refractivity contribution in [1.82, 2.24) is 4.90 Å². The normalized spacial score (nSPS) is 22.9. The summed E-state index contributed by atoms with van der Waals surface area (Å²) in [6.45, 7) is 4.77. The third-order valence-electron chi connectivity index (χ3n) is 3.37. The van der Waals surface area contributed by atoms with E-state index >= 15 is 0 Å². The minimum absolute atomic E-state index is 0.0975. The van der Waals surface area contributed by atoms with E-state index < -0.39 is 5.72 Å². The summed E-state index contributed by atoms with van der Waals surface area (Å²) in [7, 11) is 1.41. The van der Waals surface area contributed by atoms with Crippen molar-refractivity contribution in [1.29, 1.82) is 0 Å². The minimum Gasteiger partial charge on any atom is -0.468 e. The van der Waals surface area contributed by atoms with E-state index in [1.807, 2.05) is 36.9 Å². The van der Waals surface area contributed by atoms with Gasteiger partial charge in [0.25, 0.3) is 0 Å². The van der Waals surface area contributed by atoms with E-state index in [9.17, 15) is 4.79 Å². The highest BCUT2D eigenvalue weighted by atomic mass is 16.5. The van der Waals surface area contributed by atoms with E-state index in [-0.39, 0.29) is 18.6 Å². The fourth-order valence-corrected chi connectivity index (χ4v) is 2.29. The van der Waals surface area contributed by atoms with Crippen LogP contribution in [0.15, 0.2) is 30.3 Å². The van der Waals surface area contributed by atoms with Crippen molar-refractivity contribution in [2.75, 3.05) is 20.3 Å². The first kappa shape index (κ1) is 13.1. The molecule has 0 amide bonds. The molecule has 1 saturated heterocycles. The van der Waals surface area contributed by atoms with E-state index in [2.05, 4.69) is 12.1 Å². The molecular formula is C14H19NO3. The number of hydrogen-bond donors (Lipinski definition) is 0. The minimum atomic E-state index is -0.450. The third kappa shape index (κ3) is 2.54. The van der Waals surface area contributed by atoms with Gasteiger partial charge in [-0.1, -0.05) is 30.3 Å². The summed E-state index contributed by atoms with van der Waals surface area (Å²) in [5.41, 5.74) is 0.710. The molecule has 18 heavy (non-hydrogen) atoms.